The van der Waals surface area contributed by atoms with E-state index in [9.17, 15) is 4.79 Å². The quantitative estimate of drug-likeness (QED) is 0.722. The van der Waals surface area contributed by atoms with Gasteiger partial charge in [0.15, 0.2) is 5.82 Å². The van der Waals surface area contributed by atoms with E-state index in [1.54, 1.807) is 23.1 Å². The number of aromatic nitrogens is 3. The van der Waals surface area contributed by atoms with Gasteiger partial charge in [0.05, 0.1) is 6.20 Å². The Balaban J connectivity index is 1.49. The first kappa shape index (κ1) is 16.0. The maximum Gasteiger partial charge on any atom is 0.229 e. The van der Waals surface area contributed by atoms with Gasteiger partial charge in [0.2, 0.25) is 5.91 Å². The van der Waals surface area contributed by atoms with Crippen LogP contribution in [-0.4, -0.2) is 20.7 Å². The summed E-state index contributed by atoms with van der Waals surface area (Å²) in [6.07, 6.45) is 4.28. The largest absolute Gasteiger partial charge is 0.310 e. The van der Waals surface area contributed by atoms with Gasteiger partial charge < -0.3 is 5.32 Å². The molecule has 1 fully saturated rings. The number of anilines is 1. The van der Waals surface area contributed by atoms with Crippen LogP contribution in [0.4, 0.5) is 5.82 Å². The summed E-state index contributed by atoms with van der Waals surface area (Å²) in [6.45, 7) is 2.00. The second-order valence-electron chi connectivity index (χ2n) is 6.31. The number of halogens is 1. The van der Waals surface area contributed by atoms with E-state index in [2.05, 4.69) is 43.5 Å². The van der Waals surface area contributed by atoms with E-state index < -0.39 is 0 Å². The maximum atomic E-state index is 12.6. The molecule has 1 N–H and O–H groups in total. The first-order valence-corrected chi connectivity index (χ1v) is 8.94. The molecule has 2 heterocycles. The molecule has 5 nitrogen and oxygen atoms in total. The van der Waals surface area contributed by atoms with Crippen LogP contribution in [-0.2, 0) is 4.79 Å². The Kier molecular flexibility index (Phi) is 4.13. The average molecular weight is 397 g/mol. The van der Waals surface area contributed by atoms with Crippen LogP contribution in [0.2, 0.25) is 0 Å². The highest BCUT2D eigenvalue weighted by molar-refractivity contribution is 9.10. The summed E-state index contributed by atoms with van der Waals surface area (Å²) >= 11 is 3.49. The molecule has 0 aliphatic heterocycles. The van der Waals surface area contributed by atoms with Crippen molar-refractivity contribution in [1.82, 2.24) is 14.8 Å². The molecule has 126 valence electrons. The molecule has 0 saturated heterocycles. The van der Waals surface area contributed by atoms with Gasteiger partial charge >= 0.3 is 0 Å². The molecule has 3 aromatic rings. The van der Waals surface area contributed by atoms with E-state index in [0.29, 0.717) is 11.6 Å². The van der Waals surface area contributed by atoms with Crippen LogP contribution in [0.5, 0.6) is 0 Å². The normalized spacial score (nSPS) is 18.8. The number of amides is 1. The minimum atomic E-state index is 0.00289. The fourth-order valence-electron chi connectivity index (χ4n) is 3.03. The lowest BCUT2D eigenvalue weighted by Gasteiger charge is -2.09. The zero-order chi connectivity index (χ0) is 17.4. The molecule has 6 heteroatoms. The molecule has 1 amide bonds. The Hall–Kier alpha value is -2.47. The van der Waals surface area contributed by atoms with Gasteiger partial charge in [-0.15, -0.1) is 0 Å². The second kappa shape index (κ2) is 6.44. The second-order valence-corrected chi connectivity index (χ2v) is 7.23. The number of aryl methyl sites for hydroxylation is 1. The van der Waals surface area contributed by atoms with Crippen molar-refractivity contribution >= 4 is 27.7 Å². The third-order valence-corrected chi connectivity index (χ3v) is 4.91. The van der Waals surface area contributed by atoms with Crippen molar-refractivity contribution in [2.45, 2.75) is 19.3 Å². The highest BCUT2D eigenvalue weighted by atomic mass is 79.9. The predicted octanol–water partition coefficient (Wildman–Crippen LogP) is 4.08. The highest BCUT2D eigenvalue weighted by Gasteiger charge is 2.44. The van der Waals surface area contributed by atoms with E-state index in [4.69, 9.17) is 0 Å². The predicted molar refractivity (Wildman–Crippen MR) is 99.7 cm³/mol. The van der Waals surface area contributed by atoms with Crippen molar-refractivity contribution in [2.24, 2.45) is 5.92 Å². The van der Waals surface area contributed by atoms with Gasteiger partial charge in [-0.25, -0.2) is 4.98 Å². The molecule has 0 radical (unpaired) electrons. The number of carbonyl (C=O) groups excluding carboxylic acids is 1. The summed E-state index contributed by atoms with van der Waals surface area (Å²) in [5, 5.41) is 7.28. The number of rotatable bonds is 4. The van der Waals surface area contributed by atoms with Crippen LogP contribution in [0.25, 0.3) is 5.82 Å². The molecule has 25 heavy (non-hydrogen) atoms. The summed E-state index contributed by atoms with van der Waals surface area (Å²) in [6, 6.07) is 13.8. The van der Waals surface area contributed by atoms with Crippen molar-refractivity contribution in [1.29, 1.82) is 0 Å². The van der Waals surface area contributed by atoms with Gasteiger partial charge in [0.1, 0.15) is 5.82 Å². The Morgan fingerprint density at radius 3 is 2.92 bits per heavy atom. The Labute approximate surface area is 154 Å². The van der Waals surface area contributed by atoms with Crippen molar-refractivity contribution in [3.63, 3.8) is 0 Å². The lowest BCUT2D eigenvalue weighted by molar-refractivity contribution is -0.117. The number of nitrogens with zero attached hydrogens (tertiary/aromatic N) is 3. The highest BCUT2D eigenvalue weighted by Crippen LogP contribution is 2.48. The molecule has 0 spiro atoms. The topological polar surface area (TPSA) is 59.8 Å². The number of benzene rings is 1. The van der Waals surface area contributed by atoms with E-state index in [1.165, 1.54) is 5.56 Å². The molecule has 0 bridgehead atoms. The molecule has 2 atom stereocenters. The van der Waals surface area contributed by atoms with Crippen molar-refractivity contribution < 1.29 is 4.79 Å². The molecular formula is C19H17BrN4O. The first-order chi connectivity index (χ1) is 12.1. The Morgan fingerprint density at radius 2 is 2.12 bits per heavy atom. The zero-order valence-electron chi connectivity index (χ0n) is 13.7. The fraction of sp³-hybridized carbons (Fsp3) is 0.211. The third-order valence-electron chi connectivity index (χ3n) is 4.42. The summed E-state index contributed by atoms with van der Waals surface area (Å²) in [4.78, 5) is 16.9. The fourth-order valence-corrected chi connectivity index (χ4v) is 3.44. The Morgan fingerprint density at radius 1 is 1.24 bits per heavy atom. The summed E-state index contributed by atoms with van der Waals surface area (Å²) in [5.74, 6) is 1.65. The number of pyridine rings is 1. The van der Waals surface area contributed by atoms with Crippen LogP contribution in [0.15, 0.2) is 59.3 Å². The van der Waals surface area contributed by atoms with E-state index in [-0.39, 0.29) is 17.7 Å². The zero-order valence-corrected chi connectivity index (χ0v) is 15.3. The molecule has 1 aliphatic carbocycles. The van der Waals surface area contributed by atoms with Crippen LogP contribution in [0.1, 0.15) is 23.5 Å². The Bertz CT molecular complexity index is 936. The van der Waals surface area contributed by atoms with Crippen molar-refractivity contribution in [3.8, 4) is 5.82 Å². The maximum absolute atomic E-state index is 12.6. The molecular weight excluding hydrogens is 380 g/mol. The smallest absolute Gasteiger partial charge is 0.229 e. The molecule has 4 rings (SSSR count). The van der Waals surface area contributed by atoms with Crippen molar-refractivity contribution in [3.05, 3.63) is 70.5 Å². The lowest BCUT2D eigenvalue weighted by atomic mass is 10.1. The minimum Gasteiger partial charge on any atom is -0.310 e. The van der Waals surface area contributed by atoms with Gasteiger partial charge in [-0.3, -0.25) is 4.79 Å². The number of hydrogen-bond acceptors (Lipinski definition) is 3. The average Bonchev–Trinajstić information content (AvgIpc) is 3.27. The SMILES string of the molecule is Cc1ccnc(-n2nccc2NC(=O)[C@@H]2C[C@@H]2c2cccc(Br)c2)c1. The minimum absolute atomic E-state index is 0.00289. The standard InChI is InChI=1S/C19H17BrN4O/c1-12-5-7-21-18(9-12)24-17(6-8-22-24)23-19(25)16-11-15(16)13-3-2-4-14(20)10-13/h2-10,15-16H,11H2,1H3,(H,23,25)/t15-,16-/m1/s1. The first-order valence-electron chi connectivity index (χ1n) is 8.15. The van der Waals surface area contributed by atoms with E-state index in [0.717, 1.165) is 16.5 Å². The van der Waals surface area contributed by atoms with Gasteiger partial charge in [-0.05, 0) is 54.7 Å². The summed E-state index contributed by atoms with van der Waals surface area (Å²) in [5.41, 5.74) is 2.29. The van der Waals surface area contributed by atoms with Crippen LogP contribution >= 0.6 is 15.9 Å². The number of nitrogens with one attached hydrogen (secondary N) is 1. The lowest BCUT2D eigenvalue weighted by Crippen LogP contribution is -2.17. The van der Waals surface area contributed by atoms with Crippen molar-refractivity contribution in [2.75, 3.05) is 5.32 Å². The molecule has 1 aromatic carbocycles. The van der Waals surface area contributed by atoms with Gasteiger partial charge in [-0.1, -0.05) is 28.1 Å². The number of hydrogen-bond donors (Lipinski definition) is 1. The van der Waals surface area contributed by atoms with E-state index >= 15 is 0 Å². The molecule has 1 aliphatic rings. The van der Waals surface area contributed by atoms with E-state index in [1.807, 2.05) is 31.2 Å². The van der Waals surface area contributed by atoms with Crippen LogP contribution in [0, 0.1) is 12.8 Å². The number of carbonyl (C=O) groups is 1. The molecule has 0 unspecified atom stereocenters. The van der Waals surface area contributed by atoms with Crippen LogP contribution < -0.4 is 5.32 Å². The molecule has 2 aromatic heterocycles. The molecule has 1 saturated carbocycles. The monoisotopic (exact) mass is 396 g/mol. The van der Waals surface area contributed by atoms with Gasteiger partial charge in [-0.2, -0.15) is 9.78 Å². The van der Waals surface area contributed by atoms with Gasteiger partial charge in [0, 0.05) is 22.7 Å². The van der Waals surface area contributed by atoms with Gasteiger partial charge in [0.25, 0.3) is 0 Å². The van der Waals surface area contributed by atoms with Crippen LogP contribution in [0.3, 0.4) is 0 Å². The summed E-state index contributed by atoms with van der Waals surface area (Å²) < 4.78 is 2.70. The summed E-state index contributed by atoms with van der Waals surface area (Å²) in [7, 11) is 0. The third kappa shape index (κ3) is 3.35.